The minimum atomic E-state index is -0.600. The minimum absolute atomic E-state index is 0. The van der Waals surface area contributed by atoms with Gasteiger partial charge in [-0.2, -0.15) is 0 Å². The Morgan fingerprint density at radius 2 is 2.17 bits per heavy atom. The first-order chi connectivity index (χ1) is 10.6. The van der Waals surface area contributed by atoms with E-state index in [1.807, 2.05) is 13.8 Å². The van der Waals surface area contributed by atoms with Crippen LogP contribution >= 0.6 is 28.3 Å². The number of hydrogen-bond acceptors (Lipinski definition) is 7. The van der Waals surface area contributed by atoms with Crippen molar-refractivity contribution < 1.29 is 14.6 Å². The van der Waals surface area contributed by atoms with Gasteiger partial charge in [-0.1, -0.05) is 29.8 Å². The molecule has 23 heavy (non-hydrogen) atoms. The van der Waals surface area contributed by atoms with Gasteiger partial charge in [0.05, 0.1) is 24.2 Å². The fourth-order valence-electron chi connectivity index (χ4n) is 2.05. The van der Waals surface area contributed by atoms with E-state index in [1.165, 1.54) is 0 Å². The van der Waals surface area contributed by atoms with Crippen molar-refractivity contribution in [3.63, 3.8) is 0 Å². The van der Waals surface area contributed by atoms with E-state index in [1.54, 1.807) is 12.4 Å². The average Bonchev–Trinajstić information content (AvgIpc) is 2.51. The van der Waals surface area contributed by atoms with E-state index in [9.17, 15) is 5.11 Å². The van der Waals surface area contributed by atoms with Crippen LogP contribution in [-0.4, -0.2) is 58.5 Å². The van der Waals surface area contributed by atoms with E-state index in [4.69, 9.17) is 9.47 Å². The molecule has 3 unspecified atom stereocenters. The molecule has 1 aliphatic heterocycles. The van der Waals surface area contributed by atoms with Crippen LogP contribution in [0.3, 0.4) is 0 Å². The van der Waals surface area contributed by atoms with E-state index < -0.39 is 6.10 Å². The Balaban J connectivity index is 0.00000264. The van der Waals surface area contributed by atoms with Gasteiger partial charge in [-0.05, 0) is 0 Å². The molecule has 0 bridgehead atoms. The van der Waals surface area contributed by atoms with Crippen LogP contribution < -0.4 is 15.4 Å². The highest BCUT2D eigenvalue weighted by atomic mass is 79.9. The number of halogens is 2. The number of aromatic nitrogens is 2. The van der Waals surface area contributed by atoms with Crippen LogP contribution in [0.2, 0.25) is 0 Å². The number of rotatable bonds is 7. The third-order valence-electron chi connectivity index (χ3n) is 3.13. The summed E-state index contributed by atoms with van der Waals surface area (Å²) in [6, 6.07) is 0.230. The van der Waals surface area contributed by atoms with Gasteiger partial charge in [-0.3, -0.25) is 10.3 Å². The Morgan fingerprint density at radius 3 is 2.87 bits per heavy atom. The van der Waals surface area contributed by atoms with Crippen molar-refractivity contribution in [1.82, 2.24) is 20.6 Å². The summed E-state index contributed by atoms with van der Waals surface area (Å²) in [5.74, 6) is 0.425. The number of aliphatic hydroxyl groups excluding tert-OH is 1. The summed E-state index contributed by atoms with van der Waals surface area (Å²) < 4.78 is 11.1. The van der Waals surface area contributed by atoms with E-state index in [-0.39, 0.29) is 30.0 Å². The highest BCUT2D eigenvalue weighted by Crippen LogP contribution is 2.24. The molecule has 9 heteroatoms. The molecule has 0 aliphatic carbocycles. The maximum Gasteiger partial charge on any atom is 0.237 e. The molecule has 1 saturated heterocycles. The summed E-state index contributed by atoms with van der Waals surface area (Å²) in [7, 11) is 0. The van der Waals surface area contributed by atoms with Crippen molar-refractivity contribution in [3.05, 3.63) is 18.1 Å². The monoisotopic (exact) mass is 410 g/mol. The Morgan fingerprint density at radius 1 is 1.43 bits per heavy atom. The molecule has 0 radical (unpaired) electrons. The van der Waals surface area contributed by atoms with Crippen LogP contribution in [0.15, 0.2) is 12.4 Å². The highest BCUT2D eigenvalue weighted by molar-refractivity contribution is 9.09. The summed E-state index contributed by atoms with van der Waals surface area (Å²) in [4.78, 5) is 8.63. The molecular weight excluding hydrogens is 388 g/mol. The minimum Gasteiger partial charge on any atom is -0.474 e. The maximum absolute atomic E-state index is 9.92. The fourth-order valence-corrected chi connectivity index (χ4v) is 2.56. The Labute approximate surface area is 151 Å². The Hall–Kier alpha value is -0.510. The predicted molar refractivity (Wildman–Crippen MR) is 93.3 cm³/mol. The predicted octanol–water partition coefficient (Wildman–Crippen LogP) is 1.02. The molecule has 2 heterocycles. The van der Waals surface area contributed by atoms with Crippen LogP contribution in [0.4, 0.5) is 0 Å². The Kier molecular flexibility index (Phi) is 9.26. The Bertz CT molecular complexity index is 469. The molecule has 132 valence electrons. The number of aliphatic hydroxyl groups is 1. The highest BCUT2D eigenvalue weighted by Gasteiger charge is 2.25. The lowest BCUT2D eigenvalue weighted by Gasteiger charge is -2.28. The lowest BCUT2D eigenvalue weighted by molar-refractivity contribution is 0.0649. The molecule has 1 aromatic heterocycles. The number of alkyl halides is 1. The summed E-state index contributed by atoms with van der Waals surface area (Å²) in [5.41, 5.74) is 0.690. The van der Waals surface area contributed by atoms with Crippen molar-refractivity contribution in [2.75, 3.05) is 26.4 Å². The second-order valence-corrected chi connectivity index (χ2v) is 6.60. The van der Waals surface area contributed by atoms with Gasteiger partial charge in [-0.15, -0.1) is 12.4 Å². The zero-order valence-electron chi connectivity index (χ0n) is 13.2. The van der Waals surface area contributed by atoms with E-state index in [2.05, 4.69) is 36.5 Å². The van der Waals surface area contributed by atoms with Gasteiger partial charge in [0.2, 0.25) is 5.88 Å². The third kappa shape index (κ3) is 6.86. The second kappa shape index (κ2) is 10.4. The number of hydrogen-bond donors (Lipinski definition) is 3. The fraction of sp³-hybridized carbons (Fsp3) is 0.714. The molecule has 0 spiro atoms. The second-order valence-electron chi connectivity index (χ2n) is 5.50. The quantitative estimate of drug-likeness (QED) is 0.456. The summed E-state index contributed by atoms with van der Waals surface area (Å²) in [6.45, 7) is 5.80. The van der Waals surface area contributed by atoms with Crippen LogP contribution in [0.5, 0.6) is 5.88 Å². The molecule has 0 aromatic carbocycles. The molecule has 1 fully saturated rings. The van der Waals surface area contributed by atoms with Crippen LogP contribution in [0.1, 0.15) is 25.6 Å². The van der Waals surface area contributed by atoms with Gasteiger partial charge in [0, 0.05) is 25.0 Å². The normalized spacial score (nSPS) is 22.5. The van der Waals surface area contributed by atoms with Crippen molar-refractivity contribution in [2.45, 2.75) is 37.0 Å². The van der Waals surface area contributed by atoms with Gasteiger partial charge < -0.3 is 19.9 Å². The van der Waals surface area contributed by atoms with Crippen LogP contribution in [0, 0.1) is 0 Å². The number of morpholine rings is 1. The smallest absolute Gasteiger partial charge is 0.237 e. The average molecular weight is 412 g/mol. The van der Waals surface area contributed by atoms with Crippen molar-refractivity contribution >= 4 is 28.3 Å². The summed E-state index contributed by atoms with van der Waals surface area (Å²) in [6.07, 6.45) is 2.60. The van der Waals surface area contributed by atoms with Gasteiger partial charge >= 0.3 is 0 Å². The summed E-state index contributed by atoms with van der Waals surface area (Å²) in [5, 5.41) is 16.4. The zero-order valence-corrected chi connectivity index (χ0v) is 15.6. The largest absolute Gasteiger partial charge is 0.474 e. The lowest BCUT2D eigenvalue weighted by Crippen LogP contribution is -2.40. The molecule has 2 rings (SSSR count). The molecule has 3 atom stereocenters. The van der Waals surface area contributed by atoms with Gasteiger partial charge in [0.1, 0.15) is 18.4 Å². The first kappa shape index (κ1) is 20.5. The number of nitrogens with one attached hydrogen (secondary N) is 2. The molecule has 3 N–H and O–H groups in total. The lowest BCUT2D eigenvalue weighted by atomic mass is 10.2. The molecule has 1 aromatic rings. The van der Waals surface area contributed by atoms with E-state index in [0.29, 0.717) is 37.4 Å². The van der Waals surface area contributed by atoms with Crippen molar-refractivity contribution in [3.8, 4) is 5.88 Å². The first-order valence-corrected chi connectivity index (χ1v) is 8.31. The standard InChI is InChI=1S/C14H23BrN4O3.ClH/c1-9(2)18-5-10(20)6-22-14-13(16-3-4-17-14)11-7-21-8-12(15)19-11;/h3-4,9-12,18-20H,5-8H2,1-2H3;1H. The van der Waals surface area contributed by atoms with Crippen molar-refractivity contribution in [1.29, 1.82) is 0 Å². The molecule has 7 nitrogen and oxygen atoms in total. The summed E-state index contributed by atoms with van der Waals surface area (Å²) >= 11 is 3.47. The van der Waals surface area contributed by atoms with Crippen LogP contribution in [-0.2, 0) is 4.74 Å². The first-order valence-electron chi connectivity index (χ1n) is 7.39. The molecule has 0 amide bonds. The zero-order chi connectivity index (χ0) is 15.9. The van der Waals surface area contributed by atoms with E-state index >= 15 is 0 Å². The number of ether oxygens (including phenoxy) is 2. The maximum atomic E-state index is 9.92. The van der Waals surface area contributed by atoms with Crippen LogP contribution in [0.25, 0.3) is 0 Å². The molecule has 1 aliphatic rings. The topological polar surface area (TPSA) is 88.5 Å². The van der Waals surface area contributed by atoms with Gasteiger partial charge in [0.15, 0.2) is 0 Å². The third-order valence-corrected chi connectivity index (χ3v) is 3.65. The molecule has 0 saturated carbocycles. The molecular formula is C14H24BrClN4O3. The van der Waals surface area contributed by atoms with E-state index in [0.717, 1.165) is 0 Å². The van der Waals surface area contributed by atoms with Gasteiger partial charge in [0.25, 0.3) is 0 Å². The van der Waals surface area contributed by atoms with Gasteiger partial charge in [-0.25, -0.2) is 4.98 Å². The van der Waals surface area contributed by atoms with Crippen molar-refractivity contribution in [2.24, 2.45) is 0 Å². The number of nitrogens with zero attached hydrogens (tertiary/aromatic N) is 2. The SMILES string of the molecule is CC(C)NCC(O)COc1nccnc1C1COCC(Br)N1.Cl.